The maximum absolute atomic E-state index is 12.6. The number of amides is 1. The minimum absolute atomic E-state index is 0.00393. The molecular formula is C19H21ClN2O3. The van der Waals surface area contributed by atoms with Crippen molar-refractivity contribution in [1.82, 2.24) is 9.88 Å². The summed E-state index contributed by atoms with van der Waals surface area (Å²) in [7, 11) is 0. The zero-order valence-corrected chi connectivity index (χ0v) is 14.9. The maximum Gasteiger partial charge on any atom is 0.263 e. The number of benzene rings is 1. The predicted octanol–water partition coefficient (Wildman–Crippen LogP) is 3.57. The summed E-state index contributed by atoms with van der Waals surface area (Å²) in [5.41, 5.74) is 0. The Hall–Kier alpha value is -2.27. The first-order chi connectivity index (χ1) is 12.1. The largest absolute Gasteiger partial charge is 0.489 e. The number of aromatic nitrogens is 1. The fourth-order valence-electron chi connectivity index (χ4n) is 2.84. The molecule has 1 saturated heterocycles. The van der Waals surface area contributed by atoms with E-state index in [1.54, 1.807) is 25.4 Å². The molecule has 0 radical (unpaired) electrons. The molecule has 0 spiro atoms. The summed E-state index contributed by atoms with van der Waals surface area (Å²) in [5.74, 6) is 1.35. The van der Waals surface area contributed by atoms with Crippen LogP contribution in [0.4, 0.5) is 0 Å². The van der Waals surface area contributed by atoms with Gasteiger partial charge in [-0.05, 0) is 19.1 Å². The SMILES string of the molecule is C[C@@H](Oc1ccccc1)C(=O)N1CCC(Oc2ccncc2Cl)CC1. The third kappa shape index (κ3) is 4.63. The Kier molecular flexibility index (Phi) is 5.76. The minimum Gasteiger partial charge on any atom is -0.489 e. The molecule has 0 N–H and O–H groups in total. The number of ether oxygens (including phenoxy) is 2. The lowest BCUT2D eigenvalue weighted by molar-refractivity contribution is -0.139. The molecule has 1 aliphatic rings. The first kappa shape index (κ1) is 17.5. The van der Waals surface area contributed by atoms with Crippen molar-refractivity contribution in [3.8, 4) is 11.5 Å². The van der Waals surface area contributed by atoms with Gasteiger partial charge >= 0.3 is 0 Å². The number of nitrogens with zero attached hydrogens (tertiary/aromatic N) is 2. The van der Waals surface area contributed by atoms with E-state index in [4.69, 9.17) is 21.1 Å². The number of carbonyl (C=O) groups excluding carboxylic acids is 1. The fourth-order valence-corrected chi connectivity index (χ4v) is 3.01. The highest BCUT2D eigenvalue weighted by Gasteiger charge is 2.28. The van der Waals surface area contributed by atoms with Crippen molar-refractivity contribution in [2.45, 2.75) is 32.0 Å². The van der Waals surface area contributed by atoms with Gasteiger partial charge in [-0.3, -0.25) is 9.78 Å². The quantitative estimate of drug-likeness (QED) is 0.817. The lowest BCUT2D eigenvalue weighted by atomic mass is 10.1. The van der Waals surface area contributed by atoms with Crippen LogP contribution in [-0.4, -0.2) is 41.1 Å². The molecule has 1 aromatic carbocycles. The molecule has 0 aliphatic carbocycles. The van der Waals surface area contributed by atoms with Crippen molar-refractivity contribution in [2.75, 3.05) is 13.1 Å². The van der Waals surface area contributed by atoms with Gasteiger partial charge < -0.3 is 14.4 Å². The van der Waals surface area contributed by atoms with Crippen molar-refractivity contribution in [3.05, 3.63) is 53.8 Å². The van der Waals surface area contributed by atoms with Gasteiger partial charge in [0, 0.05) is 44.4 Å². The van der Waals surface area contributed by atoms with Crippen LogP contribution in [-0.2, 0) is 4.79 Å². The molecule has 5 nitrogen and oxygen atoms in total. The third-order valence-corrected chi connectivity index (χ3v) is 4.47. The number of rotatable bonds is 5. The van der Waals surface area contributed by atoms with Crippen LogP contribution in [0.3, 0.4) is 0 Å². The van der Waals surface area contributed by atoms with Gasteiger partial charge in [0.1, 0.15) is 22.6 Å². The van der Waals surface area contributed by atoms with Crippen molar-refractivity contribution in [2.24, 2.45) is 0 Å². The molecule has 0 bridgehead atoms. The minimum atomic E-state index is -0.505. The second-order valence-corrected chi connectivity index (χ2v) is 6.43. The molecule has 2 heterocycles. The smallest absolute Gasteiger partial charge is 0.263 e. The number of hydrogen-bond acceptors (Lipinski definition) is 4. The van der Waals surface area contributed by atoms with Crippen LogP contribution in [0.2, 0.25) is 5.02 Å². The Morgan fingerprint density at radius 2 is 1.96 bits per heavy atom. The van der Waals surface area contributed by atoms with E-state index >= 15 is 0 Å². The van der Waals surface area contributed by atoms with Crippen LogP contribution < -0.4 is 9.47 Å². The summed E-state index contributed by atoms with van der Waals surface area (Å²) >= 11 is 6.07. The van der Waals surface area contributed by atoms with Gasteiger partial charge in [-0.15, -0.1) is 0 Å². The van der Waals surface area contributed by atoms with Crippen LogP contribution in [0.25, 0.3) is 0 Å². The molecule has 132 valence electrons. The lowest BCUT2D eigenvalue weighted by Crippen LogP contribution is -2.46. The molecule has 0 saturated carbocycles. The topological polar surface area (TPSA) is 51.7 Å². The number of para-hydroxylation sites is 1. The van der Waals surface area contributed by atoms with Gasteiger partial charge in [0.15, 0.2) is 6.10 Å². The van der Waals surface area contributed by atoms with Gasteiger partial charge in [0.05, 0.1) is 0 Å². The van der Waals surface area contributed by atoms with Crippen LogP contribution in [0, 0.1) is 0 Å². The van der Waals surface area contributed by atoms with Crippen LogP contribution in [0.5, 0.6) is 11.5 Å². The molecule has 2 aromatic rings. The molecule has 6 heteroatoms. The third-order valence-electron chi connectivity index (χ3n) is 4.19. The zero-order chi connectivity index (χ0) is 17.6. The first-order valence-electron chi connectivity index (χ1n) is 8.40. The highest BCUT2D eigenvalue weighted by molar-refractivity contribution is 6.31. The predicted molar refractivity (Wildman–Crippen MR) is 96.0 cm³/mol. The maximum atomic E-state index is 12.6. The summed E-state index contributed by atoms with van der Waals surface area (Å²) in [5, 5.41) is 0.505. The van der Waals surface area contributed by atoms with E-state index in [1.807, 2.05) is 35.2 Å². The molecular weight excluding hydrogens is 340 g/mol. The Morgan fingerprint density at radius 1 is 1.24 bits per heavy atom. The Labute approximate surface area is 152 Å². The number of hydrogen-bond donors (Lipinski definition) is 0. The molecule has 1 fully saturated rings. The summed E-state index contributed by atoms with van der Waals surface area (Å²) in [6.07, 6.45) is 4.30. The first-order valence-corrected chi connectivity index (χ1v) is 8.78. The number of halogens is 1. The average molecular weight is 361 g/mol. The van der Waals surface area contributed by atoms with E-state index in [-0.39, 0.29) is 12.0 Å². The van der Waals surface area contributed by atoms with Gasteiger partial charge in [0.2, 0.25) is 0 Å². The van der Waals surface area contributed by atoms with Gasteiger partial charge in [-0.1, -0.05) is 29.8 Å². The molecule has 1 atom stereocenters. The molecule has 25 heavy (non-hydrogen) atoms. The lowest BCUT2D eigenvalue weighted by Gasteiger charge is -2.33. The molecule has 1 aliphatic heterocycles. The van der Waals surface area contributed by atoms with E-state index in [0.717, 1.165) is 12.8 Å². The Bertz CT molecular complexity index is 703. The normalized spacial score (nSPS) is 16.3. The molecule has 1 aromatic heterocycles. The van der Waals surface area contributed by atoms with Crippen molar-refractivity contribution < 1.29 is 14.3 Å². The van der Waals surface area contributed by atoms with Crippen LogP contribution in [0.15, 0.2) is 48.8 Å². The zero-order valence-electron chi connectivity index (χ0n) is 14.1. The number of piperidine rings is 1. The number of pyridine rings is 1. The van der Waals surface area contributed by atoms with Gasteiger partial charge in [-0.2, -0.15) is 0 Å². The van der Waals surface area contributed by atoms with E-state index in [0.29, 0.717) is 29.6 Å². The van der Waals surface area contributed by atoms with E-state index in [2.05, 4.69) is 4.98 Å². The Morgan fingerprint density at radius 3 is 2.64 bits per heavy atom. The Balaban J connectivity index is 1.50. The average Bonchev–Trinajstić information content (AvgIpc) is 2.64. The molecule has 3 rings (SSSR count). The van der Waals surface area contributed by atoms with Gasteiger partial charge in [0.25, 0.3) is 5.91 Å². The molecule has 0 unspecified atom stereocenters. The van der Waals surface area contributed by atoms with Crippen LogP contribution in [0.1, 0.15) is 19.8 Å². The monoisotopic (exact) mass is 360 g/mol. The van der Waals surface area contributed by atoms with Crippen LogP contribution >= 0.6 is 11.6 Å². The number of carbonyl (C=O) groups is 1. The summed E-state index contributed by atoms with van der Waals surface area (Å²) in [6, 6.07) is 11.2. The highest BCUT2D eigenvalue weighted by Crippen LogP contribution is 2.26. The van der Waals surface area contributed by atoms with Gasteiger partial charge in [-0.25, -0.2) is 0 Å². The standard InChI is InChI=1S/C19H21ClN2O3/c1-14(24-15-5-3-2-4-6-15)19(23)22-11-8-16(9-12-22)25-18-7-10-21-13-17(18)20/h2-7,10,13-14,16H,8-9,11-12H2,1H3/t14-/m1/s1. The van der Waals surface area contributed by atoms with Crippen molar-refractivity contribution in [1.29, 1.82) is 0 Å². The second kappa shape index (κ2) is 8.21. The second-order valence-electron chi connectivity index (χ2n) is 6.02. The molecule has 1 amide bonds. The fraction of sp³-hybridized carbons (Fsp3) is 0.368. The van der Waals surface area contributed by atoms with Crippen molar-refractivity contribution >= 4 is 17.5 Å². The van der Waals surface area contributed by atoms with E-state index in [1.165, 1.54) is 0 Å². The summed E-state index contributed by atoms with van der Waals surface area (Å²) in [6.45, 7) is 3.08. The van der Waals surface area contributed by atoms with E-state index in [9.17, 15) is 4.79 Å². The summed E-state index contributed by atoms with van der Waals surface area (Å²) in [4.78, 5) is 18.3. The highest BCUT2D eigenvalue weighted by atomic mass is 35.5. The van der Waals surface area contributed by atoms with Crippen molar-refractivity contribution in [3.63, 3.8) is 0 Å². The summed E-state index contributed by atoms with van der Waals surface area (Å²) < 4.78 is 11.6. The van der Waals surface area contributed by atoms with E-state index < -0.39 is 6.10 Å². The number of likely N-dealkylation sites (tertiary alicyclic amines) is 1.